The third kappa shape index (κ3) is 3.21. The summed E-state index contributed by atoms with van der Waals surface area (Å²) in [6, 6.07) is 12.5. The first-order chi connectivity index (χ1) is 15.1. The average molecular weight is 507 g/mol. The Kier molecular flexibility index (Phi) is 4.65. The number of benzene rings is 1. The number of aromatic nitrogens is 4. The van der Waals surface area contributed by atoms with Crippen LogP contribution >= 0.6 is 22.9 Å². The standard InChI is InChI=1S/C23H16AsClN4OS/c24-22-21-16(10-29(13-7-14(30)8-13)23(21)27-11-26-22)15-9-19-12(6-17(15)25)3-4-18(28-19)20-2-1-5-31-20/h1-6,9-11,13-14,30H,7-8H2. The molecule has 4 heterocycles. The monoisotopic (exact) mass is 506 g/mol. The van der Waals surface area contributed by atoms with E-state index in [1.807, 2.05) is 18.2 Å². The zero-order valence-electron chi connectivity index (χ0n) is 16.2. The van der Waals surface area contributed by atoms with Crippen LogP contribution in [0.1, 0.15) is 18.9 Å². The third-order valence-corrected chi connectivity index (χ3v) is 7.83. The summed E-state index contributed by atoms with van der Waals surface area (Å²) in [5.41, 5.74) is 4.62. The van der Waals surface area contributed by atoms with Crippen molar-refractivity contribution in [3.8, 4) is 21.7 Å². The van der Waals surface area contributed by atoms with E-state index in [0.717, 1.165) is 61.0 Å². The van der Waals surface area contributed by atoms with Gasteiger partial charge in [0.2, 0.25) is 0 Å². The zero-order chi connectivity index (χ0) is 21.1. The van der Waals surface area contributed by atoms with Gasteiger partial charge in [0.05, 0.1) is 0 Å². The number of halogens is 1. The van der Waals surface area contributed by atoms with Crippen molar-refractivity contribution in [2.45, 2.75) is 25.0 Å². The molecule has 8 heteroatoms. The van der Waals surface area contributed by atoms with Gasteiger partial charge in [0.15, 0.2) is 0 Å². The number of aliphatic hydroxyl groups excluding tert-OH is 1. The number of hydrogen-bond donors (Lipinski definition) is 1. The molecule has 1 aliphatic carbocycles. The SMILES string of the molecule is OC1CC(n2cc(-c3cc4nc(-c5cccs5)ccc4cc3Cl)c3c([As])ncnc32)C1. The minimum atomic E-state index is -0.242. The zero-order valence-corrected chi connectivity index (χ0v) is 19.7. The third-order valence-electron chi connectivity index (χ3n) is 5.91. The molecule has 4 aromatic heterocycles. The second-order valence-electron chi connectivity index (χ2n) is 7.82. The first kappa shape index (κ1) is 19.4. The summed E-state index contributed by atoms with van der Waals surface area (Å²) < 4.78 is 3.01. The number of hydrogen-bond acceptors (Lipinski definition) is 5. The summed E-state index contributed by atoms with van der Waals surface area (Å²) in [6.45, 7) is 0. The Hall–Kier alpha value is -2.24. The molecule has 152 valence electrons. The minimum absolute atomic E-state index is 0.232. The molecule has 0 aliphatic heterocycles. The molecular formula is C23H16AsClN4OS. The summed E-state index contributed by atoms with van der Waals surface area (Å²) in [4.78, 5) is 15.0. The first-order valence-corrected chi connectivity index (χ1v) is 12.1. The molecular weight excluding hydrogens is 491 g/mol. The van der Waals surface area contributed by atoms with Gasteiger partial charge in [-0.3, -0.25) is 0 Å². The van der Waals surface area contributed by atoms with Gasteiger partial charge >= 0.3 is 197 Å². The molecule has 0 saturated heterocycles. The van der Waals surface area contributed by atoms with Gasteiger partial charge in [-0.05, 0) is 0 Å². The van der Waals surface area contributed by atoms with E-state index in [1.54, 1.807) is 17.7 Å². The predicted octanol–water partition coefficient (Wildman–Crippen LogP) is 4.52. The van der Waals surface area contributed by atoms with Crippen molar-refractivity contribution >= 4 is 66.2 Å². The van der Waals surface area contributed by atoms with E-state index >= 15 is 0 Å². The van der Waals surface area contributed by atoms with Crippen molar-refractivity contribution in [2.75, 3.05) is 0 Å². The van der Waals surface area contributed by atoms with E-state index in [-0.39, 0.29) is 12.1 Å². The Labute approximate surface area is 196 Å². The molecule has 5 nitrogen and oxygen atoms in total. The molecule has 0 bridgehead atoms. The van der Waals surface area contributed by atoms with Crippen LogP contribution in [0.5, 0.6) is 0 Å². The summed E-state index contributed by atoms with van der Waals surface area (Å²) >= 11 is 11.0. The fourth-order valence-corrected chi connectivity index (χ4v) is 5.79. The Morgan fingerprint density at radius 2 is 2.00 bits per heavy atom. The quantitative estimate of drug-likeness (QED) is 0.366. The second-order valence-corrected chi connectivity index (χ2v) is 10.1. The van der Waals surface area contributed by atoms with Gasteiger partial charge in [-0.25, -0.2) is 0 Å². The number of fused-ring (bicyclic) bond motifs is 2. The molecule has 1 fully saturated rings. The van der Waals surface area contributed by atoms with Crippen LogP contribution in [0.25, 0.3) is 43.6 Å². The molecule has 0 unspecified atom stereocenters. The fourth-order valence-electron chi connectivity index (χ4n) is 4.25. The van der Waals surface area contributed by atoms with Crippen LogP contribution in [0, 0.1) is 0 Å². The maximum absolute atomic E-state index is 9.82. The molecule has 1 aromatic carbocycles. The molecule has 1 N–H and O–H groups in total. The fraction of sp³-hybridized carbons (Fsp3) is 0.174. The maximum atomic E-state index is 9.82. The van der Waals surface area contributed by atoms with E-state index < -0.39 is 0 Å². The summed E-state index contributed by atoms with van der Waals surface area (Å²) in [5.74, 6) is 0. The number of nitrogens with zero attached hydrogens (tertiary/aromatic N) is 4. The van der Waals surface area contributed by atoms with Crippen molar-refractivity contribution in [1.82, 2.24) is 19.5 Å². The molecule has 0 spiro atoms. The van der Waals surface area contributed by atoms with Gasteiger partial charge in [-0.2, -0.15) is 0 Å². The van der Waals surface area contributed by atoms with E-state index in [9.17, 15) is 5.11 Å². The predicted molar refractivity (Wildman–Crippen MR) is 126 cm³/mol. The van der Waals surface area contributed by atoms with Crippen LogP contribution in [-0.4, -0.2) is 47.6 Å². The van der Waals surface area contributed by atoms with Crippen molar-refractivity contribution in [3.05, 3.63) is 59.3 Å². The van der Waals surface area contributed by atoms with Crippen molar-refractivity contribution in [2.24, 2.45) is 0 Å². The van der Waals surface area contributed by atoms with Gasteiger partial charge < -0.3 is 0 Å². The molecule has 6 rings (SSSR count). The van der Waals surface area contributed by atoms with Crippen molar-refractivity contribution in [3.63, 3.8) is 0 Å². The Morgan fingerprint density at radius 3 is 2.77 bits per heavy atom. The van der Waals surface area contributed by atoms with Crippen molar-refractivity contribution in [1.29, 1.82) is 0 Å². The molecule has 0 amide bonds. The summed E-state index contributed by atoms with van der Waals surface area (Å²) in [6.07, 6.45) is 4.91. The van der Waals surface area contributed by atoms with Crippen LogP contribution in [0.15, 0.2) is 54.3 Å². The Morgan fingerprint density at radius 1 is 1.13 bits per heavy atom. The van der Waals surface area contributed by atoms with Crippen LogP contribution in [-0.2, 0) is 0 Å². The van der Waals surface area contributed by atoms with E-state index in [1.165, 1.54) is 0 Å². The summed E-state index contributed by atoms with van der Waals surface area (Å²) in [5, 5.41) is 14.5. The molecule has 1 saturated carbocycles. The molecule has 2 radical (unpaired) electrons. The molecule has 5 aromatic rings. The number of aliphatic hydroxyl groups is 1. The average Bonchev–Trinajstić information content (AvgIpc) is 3.40. The van der Waals surface area contributed by atoms with Gasteiger partial charge in [0.1, 0.15) is 0 Å². The van der Waals surface area contributed by atoms with Crippen LogP contribution in [0.3, 0.4) is 0 Å². The molecule has 31 heavy (non-hydrogen) atoms. The van der Waals surface area contributed by atoms with Gasteiger partial charge in [0, 0.05) is 0 Å². The summed E-state index contributed by atoms with van der Waals surface area (Å²) in [7, 11) is 0. The Balaban J connectivity index is 1.56. The number of thiophene rings is 1. The van der Waals surface area contributed by atoms with Crippen molar-refractivity contribution < 1.29 is 5.11 Å². The Bertz CT molecular complexity index is 1440. The normalized spacial score (nSPS) is 18.5. The molecule has 1 aliphatic rings. The topological polar surface area (TPSA) is 63.8 Å². The number of pyridine rings is 1. The van der Waals surface area contributed by atoms with Crippen LogP contribution in [0.2, 0.25) is 5.02 Å². The molecule has 0 atom stereocenters. The van der Waals surface area contributed by atoms with Gasteiger partial charge in [-0.15, -0.1) is 0 Å². The second kappa shape index (κ2) is 7.42. The van der Waals surface area contributed by atoms with E-state index in [2.05, 4.69) is 61.2 Å². The number of rotatable bonds is 3. The van der Waals surface area contributed by atoms with Gasteiger partial charge in [-0.1, -0.05) is 0 Å². The van der Waals surface area contributed by atoms with Crippen LogP contribution < -0.4 is 4.48 Å². The van der Waals surface area contributed by atoms with E-state index in [0.29, 0.717) is 5.02 Å². The van der Waals surface area contributed by atoms with E-state index in [4.69, 9.17) is 16.6 Å². The first-order valence-electron chi connectivity index (χ1n) is 9.95. The van der Waals surface area contributed by atoms with Gasteiger partial charge in [0.25, 0.3) is 0 Å². The van der Waals surface area contributed by atoms with Crippen LogP contribution in [0.4, 0.5) is 0 Å².